The normalized spacial score (nSPS) is 15.5. The van der Waals surface area contributed by atoms with Gasteiger partial charge in [0.05, 0.1) is 19.6 Å². The van der Waals surface area contributed by atoms with Crippen molar-refractivity contribution in [1.82, 2.24) is 10.5 Å². The molecule has 4 rings (SSSR count). The highest BCUT2D eigenvalue weighted by Gasteiger charge is 2.25. The van der Waals surface area contributed by atoms with Crippen LogP contribution >= 0.6 is 0 Å². The molecule has 138 valence electrons. The molecule has 1 unspecified atom stereocenters. The van der Waals surface area contributed by atoms with Gasteiger partial charge in [0.1, 0.15) is 23.8 Å². The van der Waals surface area contributed by atoms with Gasteiger partial charge in [-0.05, 0) is 30.2 Å². The Hall–Kier alpha value is -3.28. The molecule has 0 spiro atoms. The minimum absolute atomic E-state index is 0.0459. The average molecular weight is 364 g/mol. The SMILES string of the molecule is COc1cccc(-c2cc(CNC(=O)C3COc4ccccc4C3)no2)c1. The molecule has 6 heteroatoms. The van der Waals surface area contributed by atoms with Crippen LogP contribution in [0.25, 0.3) is 11.3 Å². The van der Waals surface area contributed by atoms with E-state index in [9.17, 15) is 4.79 Å². The van der Waals surface area contributed by atoms with E-state index in [0.717, 1.165) is 22.6 Å². The molecule has 0 saturated carbocycles. The zero-order chi connectivity index (χ0) is 18.6. The highest BCUT2D eigenvalue weighted by Crippen LogP contribution is 2.27. The number of aromatic nitrogens is 1. The van der Waals surface area contributed by atoms with Gasteiger partial charge in [0.15, 0.2) is 5.76 Å². The lowest BCUT2D eigenvalue weighted by atomic mass is 9.96. The molecule has 2 heterocycles. The molecule has 0 saturated heterocycles. The van der Waals surface area contributed by atoms with Crippen molar-refractivity contribution in [3.63, 3.8) is 0 Å². The molecular formula is C21H20N2O4. The number of rotatable bonds is 5. The maximum Gasteiger partial charge on any atom is 0.227 e. The molecule has 0 aliphatic carbocycles. The highest BCUT2D eigenvalue weighted by atomic mass is 16.5. The second kappa shape index (κ2) is 7.53. The maximum absolute atomic E-state index is 12.5. The summed E-state index contributed by atoms with van der Waals surface area (Å²) >= 11 is 0. The molecule has 6 nitrogen and oxygen atoms in total. The molecule has 27 heavy (non-hydrogen) atoms. The smallest absolute Gasteiger partial charge is 0.227 e. The lowest BCUT2D eigenvalue weighted by Crippen LogP contribution is -2.37. The fourth-order valence-corrected chi connectivity index (χ4v) is 3.13. The number of nitrogens with zero attached hydrogens (tertiary/aromatic N) is 1. The van der Waals surface area contributed by atoms with Crippen LogP contribution in [0.3, 0.4) is 0 Å². The Kier molecular flexibility index (Phi) is 4.78. The molecule has 0 radical (unpaired) electrons. The first-order valence-electron chi connectivity index (χ1n) is 8.81. The van der Waals surface area contributed by atoms with E-state index in [2.05, 4.69) is 10.5 Å². The molecule has 0 bridgehead atoms. The summed E-state index contributed by atoms with van der Waals surface area (Å²) in [5, 5.41) is 6.96. The molecule has 1 aliphatic heterocycles. The van der Waals surface area contributed by atoms with Crippen LogP contribution in [-0.4, -0.2) is 24.8 Å². The summed E-state index contributed by atoms with van der Waals surface area (Å²) < 4.78 is 16.3. The van der Waals surface area contributed by atoms with Crippen molar-refractivity contribution in [2.24, 2.45) is 5.92 Å². The Balaban J connectivity index is 1.37. The number of para-hydroxylation sites is 1. The number of fused-ring (bicyclic) bond motifs is 1. The molecule has 1 N–H and O–H groups in total. The van der Waals surface area contributed by atoms with Gasteiger partial charge >= 0.3 is 0 Å². The number of hydrogen-bond acceptors (Lipinski definition) is 5. The van der Waals surface area contributed by atoms with Gasteiger partial charge in [0.2, 0.25) is 5.91 Å². The van der Waals surface area contributed by atoms with Crippen molar-refractivity contribution in [3.05, 3.63) is 65.9 Å². The number of benzene rings is 2. The molecule has 1 aromatic heterocycles. The van der Waals surface area contributed by atoms with Gasteiger partial charge in [-0.15, -0.1) is 0 Å². The van der Waals surface area contributed by atoms with E-state index in [4.69, 9.17) is 14.0 Å². The quantitative estimate of drug-likeness (QED) is 0.752. The van der Waals surface area contributed by atoms with Gasteiger partial charge in [0.25, 0.3) is 0 Å². The van der Waals surface area contributed by atoms with Crippen LogP contribution in [-0.2, 0) is 17.8 Å². The number of amides is 1. The number of carbonyl (C=O) groups excluding carboxylic acids is 1. The van der Waals surface area contributed by atoms with Crippen LogP contribution in [0.5, 0.6) is 11.5 Å². The van der Waals surface area contributed by atoms with Crippen molar-refractivity contribution in [3.8, 4) is 22.8 Å². The molecule has 1 amide bonds. The topological polar surface area (TPSA) is 73.6 Å². The van der Waals surface area contributed by atoms with Crippen LogP contribution in [0, 0.1) is 5.92 Å². The summed E-state index contributed by atoms with van der Waals surface area (Å²) in [4.78, 5) is 12.5. The summed E-state index contributed by atoms with van der Waals surface area (Å²) in [5.74, 6) is 1.99. The average Bonchev–Trinajstić information content (AvgIpc) is 3.21. The van der Waals surface area contributed by atoms with Gasteiger partial charge in [-0.2, -0.15) is 0 Å². The van der Waals surface area contributed by atoms with Crippen molar-refractivity contribution in [2.45, 2.75) is 13.0 Å². The molecule has 2 aromatic carbocycles. The number of nitrogens with one attached hydrogen (secondary N) is 1. The molecule has 1 atom stereocenters. The van der Waals surface area contributed by atoms with Crippen molar-refractivity contribution < 1.29 is 18.8 Å². The van der Waals surface area contributed by atoms with Crippen molar-refractivity contribution in [2.75, 3.05) is 13.7 Å². The molecular weight excluding hydrogens is 344 g/mol. The Morgan fingerprint density at radius 2 is 2.11 bits per heavy atom. The van der Waals surface area contributed by atoms with Gasteiger partial charge in [-0.1, -0.05) is 35.5 Å². The third-order valence-electron chi connectivity index (χ3n) is 4.61. The summed E-state index contributed by atoms with van der Waals surface area (Å²) in [5.41, 5.74) is 2.60. The van der Waals surface area contributed by atoms with E-state index < -0.39 is 0 Å². The van der Waals surface area contributed by atoms with Gasteiger partial charge < -0.3 is 19.3 Å². The van der Waals surface area contributed by atoms with Crippen LogP contribution in [0.15, 0.2) is 59.1 Å². The van der Waals surface area contributed by atoms with Gasteiger partial charge in [0, 0.05) is 11.6 Å². The second-order valence-corrected chi connectivity index (χ2v) is 6.45. The van der Waals surface area contributed by atoms with E-state index in [-0.39, 0.29) is 11.8 Å². The fourth-order valence-electron chi connectivity index (χ4n) is 3.13. The first kappa shape index (κ1) is 17.1. The predicted molar refractivity (Wildman–Crippen MR) is 99.5 cm³/mol. The Labute approximate surface area is 157 Å². The van der Waals surface area contributed by atoms with E-state index in [1.54, 1.807) is 7.11 Å². The van der Waals surface area contributed by atoms with Crippen molar-refractivity contribution >= 4 is 5.91 Å². The third-order valence-corrected chi connectivity index (χ3v) is 4.61. The minimum atomic E-state index is -0.204. The summed E-state index contributed by atoms with van der Waals surface area (Å²) in [6, 6.07) is 17.2. The van der Waals surface area contributed by atoms with Crippen LogP contribution in [0.4, 0.5) is 0 Å². The largest absolute Gasteiger partial charge is 0.497 e. The van der Waals surface area contributed by atoms with Crippen LogP contribution in [0.2, 0.25) is 0 Å². The number of hydrogen-bond donors (Lipinski definition) is 1. The lowest BCUT2D eigenvalue weighted by Gasteiger charge is -2.24. The minimum Gasteiger partial charge on any atom is -0.497 e. The Morgan fingerprint density at radius 1 is 1.22 bits per heavy atom. The predicted octanol–water partition coefficient (Wildman–Crippen LogP) is 3.22. The van der Waals surface area contributed by atoms with Crippen LogP contribution in [0.1, 0.15) is 11.3 Å². The Bertz CT molecular complexity index is 951. The van der Waals surface area contributed by atoms with Crippen LogP contribution < -0.4 is 14.8 Å². The number of methoxy groups -OCH3 is 1. The fraction of sp³-hybridized carbons (Fsp3) is 0.238. The zero-order valence-electron chi connectivity index (χ0n) is 15.0. The van der Waals surface area contributed by atoms with Crippen molar-refractivity contribution in [1.29, 1.82) is 0 Å². The van der Waals surface area contributed by atoms with E-state index in [1.807, 2.05) is 54.6 Å². The maximum atomic E-state index is 12.5. The second-order valence-electron chi connectivity index (χ2n) is 6.45. The van der Waals surface area contributed by atoms with E-state index >= 15 is 0 Å². The molecule has 1 aliphatic rings. The molecule has 3 aromatic rings. The standard InChI is InChI=1S/C21H20N2O4/c1-25-18-7-4-6-15(10-18)20-11-17(23-27-20)12-22-21(24)16-9-14-5-2-3-8-19(14)26-13-16/h2-8,10-11,16H,9,12-13H2,1H3,(H,22,24). The molecule has 0 fully saturated rings. The Morgan fingerprint density at radius 3 is 3.00 bits per heavy atom. The third kappa shape index (κ3) is 3.79. The summed E-state index contributed by atoms with van der Waals surface area (Å²) in [7, 11) is 1.62. The van der Waals surface area contributed by atoms with Gasteiger partial charge in [-0.25, -0.2) is 0 Å². The monoisotopic (exact) mass is 364 g/mol. The van der Waals surface area contributed by atoms with E-state index in [1.165, 1.54) is 0 Å². The van der Waals surface area contributed by atoms with Gasteiger partial charge in [-0.3, -0.25) is 4.79 Å². The first-order valence-corrected chi connectivity index (χ1v) is 8.81. The summed E-state index contributed by atoms with van der Waals surface area (Å²) in [6.07, 6.45) is 0.676. The number of carbonyl (C=O) groups is 1. The zero-order valence-corrected chi connectivity index (χ0v) is 15.0. The highest BCUT2D eigenvalue weighted by molar-refractivity contribution is 5.79. The van der Waals surface area contributed by atoms with E-state index in [0.29, 0.717) is 31.0 Å². The summed E-state index contributed by atoms with van der Waals surface area (Å²) in [6.45, 7) is 0.696. The number of ether oxygens (including phenoxy) is 2. The first-order chi connectivity index (χ1) is 13.2. The lowest BCUT2D eigenvalue weighted by molar-refractivity contribution is -0.126.